The summed E-state index contributed by atoms with van der Waals surface area (Å²) in [5.74, 6) is 0. The second-order valence-electron chi connectivity index (χ2n) is 19.5. The molecule has 9 aromatic carbocycles. The van der Waals surface area contributed by atoms with E-state index in [2.05, 4.69) is 276 Å². The van der Waals surface area contributed by atoms with E-state index in [4.69, 9.17) is 11.6 Å². The Morgan fingerprint density at radius 1 is 0.364 bits per heavy atom. The van der Waals surface area contributed by atoms with Gasteiger partial charge in [-0.2, -0.15) is 0 Å². The quantitative estimate of drug-likeness (QED) is 0.135. The van der Waals surface area contributed by atoms with Gasteiger partial charge in [0.1, 0.15) is 0 Å². The van der Waals surface area contributed by atoms with Crippen LogP contribution in [-0.2, 0) is 10.8 Å². The second-order valence-corrected chi connectivity index (χ2v) is 19.8. The highest BCUT2D eigenvalue weighted by molar-refractivity contribution is 6.37. The van der Waals surface area contributed by atoms with Gasteiger partial charge in [0, 0.05) is 39.4 Å². The summed E-state index contributed by atoms with van der Waals surface area (Å²) in [7, 11) is 0. The van der Waals surface area contributed by atoms with Crippen LogP contribution in [0.2, 0.25) is 5.02 Å². The van der Waals surface area contributed by atoms with Gasteiger partial charge in [-0.3, -0.25) is 0 Å². The molecule has 0 aromatic heterocycles. The summed E-state index contributed by atoms with van der Waals surface area (Å²) in [5.41, 5.74) is 15.9. The second kappa shape index (κ2) is 18.1. The summed E-state index contributed by atoms with van der Waals surface area (Å²) in [5, 5.41) is 2.92. The highest BCUT2D eigenvalue weighted by Crippen LogP contribution is 2.53. The van der Waals surface area contributed by atoms with Crippen LogP contribution in [0.1, 0.15) is 63.8 Å². The number of aryl methyl sites for hydroxylation is 2. The fourth-order valence-corrected chi connectivity index (χ4v) is 9.11. The minimum Gasteiger partial charge on any atom is -0.309 e. The van der Waals surface area contributed by atoms with Gasteiger partial charge in [-0.15, -0.1) is 0 Å². The summed E-state index contributed by atoms with van der Waals surface area (Å²) < 4.78 is 0. The molecule has 0 unspecified atom stereocenters. The first-order chi connectivity index (χ1) is 31.7. The normalized spacial score (nSPS) is 11.7. The summed E-state index contributed by atoms with van der Waals surface area (Å²) in [4.78, 5) is 7.07. The number of rotatable bonds is 10. The first kappa shape index (κ1) is 44.1. The molecule has 9 aromatic rings. The Balaban J connectivity index is 1.41. The molecule has 4 heteroatoms. The maximum atomic E-state index is 8.16. The predicted molar refractivity (Wildman–Crippen MR) is 285 cm³/mol. The first-order valence-corrected chi connectivity index (χ1v) is 23.3. The molecule has 328 valence electrons. The monoisotopic (exact) mass is 879 g/mol. The molecule has 0 N–H and O–H groups in total. The van der Waals surface area contributed by atoms with E-state index in [1.165, 1.54) is 22.3 Å². The van der Waals surface area contributed by atoms with E-state index in [0.29, 0.717) is 5.02 Å². The molecule has 0 fully saturated rings. The van der Waals surface area contributed by atoms with E-state index in [-0.39, 0.29) is 10.8 Å². The number of benzene rings is 9. The maximum absolute atomic E-state index is 8.16. The van der Waals surface area contributed by atoms with Crippen molar-refractivity contribution in [3.8, 4) is 11.1 Å². The fraction of sp³-hybridized carbons (Fsp3) is 0.161. The molecule has 0 spiro atoms. The Bertz CT molecular complexity index is 2960. The number of nitrogens with zero attached hydrogens (tertiary/aromatic N) is 3. The lowest BCUT2D eigenvalue weighted by atomic mass is 9.87. The van der Waals surface area contributed by atoms with Crippen molar-refractivity contribution in [2.75, 3.05) is 14.7 Å². The Kier molecular flexibility index (Phi) is 12.1. The molecule has 0 amide bonds. The molecule has 0 aliphatic heterocycles. The van der Waals surface area contributed by atoms with Gasteiger partial charge in [0.2, 0.25) is 0 Å². The molecule has 0 heterocycles. The average Bonchev–Trinajstić information content (AvgIpc) is 3.32. The highest BCUT2D eigenvalue weighted by atomic mass is 35.5. The van der Waals surface area contributed by atoms with Crippen LogP contribution in [0.25, 0.3) is 21.9 Å². The largest absolute Gasteiger partial charge is 0.309 e. The van der Waals surface area contributed by atoms with E-state index in [9.17, 15) is 0 Å². The number of para-hydroxylation sites is 1. The lowest BCUT2D eigenvalue weighted by Gasteiger charge is -2.35. The van der Waals surface area contributed by atoms with Gasteiger partial charge in [-0.05, 0) is 120 Å². The minimum atomic E-state index is -0.0138. The number of hydrogen-bond acceptors (Lipinski definition) is 3. The Morgan fingerprint density at radius 3 is 1.21 bits per heavy atom. The molecular weight excluding hydrogens is 822 g/mol. The van der Waals surface area contributed by atoms with Crippen molar-refractivity contribution < 1.29 is 0 Å². The maximum Gasteiger partial charge on any atom is 0.0888 e. The summed E-state index contributed by atoms with van der Waals surface area (Å²) in [6.45, 7) is 17.8. The molecule has 0 aliphatic rings. The Labute approximate surface area is 397 Å². The SMILES string of the molecule is Cc1ccc(N(c2ccc(C(C)(C)C)cc2)c2cc(N(c3ccccc3)c3c(-c4ccccc4)ccc4ccccc34)cc(N(c3ccc(C)cc3)c3ccc(C(C)(C)C)cc3)c2Cl)cc1. The molecule has 66 heavy (non-hydrogen) atoms. The van der Waals surface area contributed by atoms with Crippen molar-refractivity contribution in [2.45, 2.75) is 66.2 Å². The average molecular weight is 881 g/mol. The van der Waals surface area contributed by atoms with E-state index >= 15 is 0 Å². The molecule has 0 radical (unpaired) electrons. The lowest BCUT2D eigenvalue weighted by molar-refractivity contribution is 0.590. The molecule has 9 rings (SSSR count). The third-order valence-electron chi connectivity index (χ3n) is 12.5. The van der Waals surface area contributed by atoms with Gasteiger partial charge >= 0.3 is 0 Å². The molecule has 0 bridgehead atoms. The molecule has 0 aliphatic carbocycles. The molecule has 3 nitrogen and oxygen atoms in total. The van der Waals surface area contributed by atoms with Crippen LogP contribution in [0, 0.1) is 13.8 Å². The molecule has 0 saturated heterocycles. The Morgan fingerprint density at radius 2 is 0.758 bits per heavy atom. The zero-order chi connectivity index (χ0) is 46.2. The van der Waals surface area contributed by atoms with Crippen molar-refractivity contribution in [1.29, 1.82) is 0 Å². The fourth-order valence-electron chi connectivity index (χ4n) is 8.83. The van der Waals surface area contributed by atoms with Crippen molar-refractivity contribution in [2.24, 2.45) is 0 Å². The smallest absolute Gasteiger partial charge is 0.0888 e. The Hall–Kier alpha value is -7.07. The van der Waals surface area contributed by atoms with E-state index < -0.39 is 0 Å². The van der Waals surface area contributed by atoms with Crippen LogP contribution in [-0.4, -0.2) is 0 Å². The van der Waals surface area contributed by atoms with Crippen molar-refractivity contribution in [3.63, 3.8) is 0 Å². The van der Waals surface area contributed by atoms with Gasteiger partial charge in [0.05, 0.1) is 27.8 Å². The van der Waals surface area contributed by atoms with Gasteiger partial charge < -0.3 is 14.7 Å². The minimum absolute atomic E-state index is 0.0138. The number of fused-ring (bicyclic) bond motifs is 1. The van der Waals surface area contributed by atoms with Crippen molar-refractivity contribution in [1.82, 2.24) is 0 Å². The van der Waals surface area contributed by atoms with Crippen LogP contribution < -0.4 is 14.7 Å². The molecule has 0 saturated carbocycles. The summed E-state index contributed by atoms with van der Waals surface area (Å²) in [6, 6.07) is 74.7. The topological polar surface area (TPSA) is 9.72 Å². The van der Waals surface area contributed by atoms with Gasteiger partial charge in [0.25, 0.3) is 0 Å². The third-order valence-corrected chi connectivity index (χ3v) is 12.9. The highest BCUT2D eigenvalue weighted by Gasteiger charge is 2.29. The third kappa shape index (κ3) is 8.97. The molecular formula is C62H58ClN3. The van der Waals surface area contributed by atoms with Gasteiger partial charge in [-0.25, -0.2) is 0 Å². The number of hydrogen-bond donors (Lipinski definition) is 0. The zero-order valence-electron chi connectivity index (χ0n) is 39.3. The van der Waals surface area contributed by atoms with Crippen LogP contribution >= 0.6 is 11.6 Å². The van der Waals surface area contributed by atoms with Crippen LogP contribution in [0.5, 0.6) is 0 Å². The van der Waals surface area contributed by atoms with Crippen LogP contribution in [0.3, 0.4) is 0 Å². The standard InChI is InChI=1S/C62H58ClN3/c1-43-23-32-50(33-24-43)64(52-36-28-47(29-37-52)61(3,4)5)57-41-54(42-58(59(57)63)65(51-34-25-44(2)26-35-51)53-38-30-48(31-39-53)62(6,7)8)66(49-20-13-10-14-21-49)60-55-22-16-15-19-46(55)27-40-56(60)45-17-11-9-12-18-45/h9-42H,1-8H3. The number of halogens is 1. The first-order valence-electron chi connectivity index (χ1n) is 23.0. The van der Waals surface area contributed by atoms with E-state index in [1.807, 2.05) is 0 Å². The van der Waals surface area contributed by atoms with Crippen LogP contribution in [0.4, 0.5) is 51.2 Å². The van der Waals surface area contributed by atoms with Crippen LogP contribution in [0.15, 0.2) is 206 Å². The predicted octanol–water partition coefficient (Wildman–Crippen LogP) is 18.8. The lowest BCUT2D eigenvalue weighted by Crippen LogP contribution is -2.18. The van der Waals surface area contributed by atoms with E-state index in [0.717, 1.165) is 73.1 Å². The van der Waals surface area contributed by atoms with Gasteiger partial charge in [0.15, 0.2) is 0 Å². The van der Waals surface area contributed by atoms with Crippen molar-refractivity contribution in [3.05, 3.63) is 234 Å². The summed E-state index contributed by atoms with van der Waals surface area (Å²) >= 11 is 8.16. The summed E-state index contributed by atoms with van der Waals surface area (Å²) in [6.07, 6.45) is 0. The zero-order valence-corrected chi connectivity index (χ0v) is 40.1. The van der Waals surface area contributed by atoms with E-state index in [1.54, 1.807) is 0 Å². The number of anilines is 9. The van der Waals surface area contributed by atoms with Crippen molar-refractivity contribution >= 4 is 73.6 Å². The molecule has 0 atom stereocenters. The van der Waals surface area contributed by atoms with Gasteiger partial charge in [-0.1, -0.05) is 198 Å².